The molecule has 2 aliphatic rings. The first-order valence-electron chi connectivity index (χ1n) is 13.1. The molecule has 0 bridgehead atoms. The fraction of sp³-hybridized carbons (Fsp3) is 0.800. The van der Waals surface area contributed by atoms with Crippen molar-refractivity contribution in [2.75, 3.05) is 0 Å². The van der Waals surface area contributed by atoms with Gasteiger partial charge >= 0.3 is 0 Å². The lowest BCUT2D eigenvalue weighted by Crippen LogP contribution is -2.57. The van der Waals surface area contributed by atoms with Crippen molar-refractivity contribution in [3.05, 3.63) is 34.9 Å². The largest absolute Gasteiger partial charge is 0.390 e. The molecule has 0 aromatic carbocycles. The minimum absolute atomic E-state index is 0.287. The molecule has 1 heteroatoms. The standard InChI is InChI=1S/C30H52O/c1-23(2)13-11-16-24(3)14-9-10-15-25(4)17-18-27-29(7)21-12-20-28(5,6)26(29)19-22-30(27,8)31/h13-15,26-27,31H,9-12,16-22H2,1-8H3/b24-14+,25-15+/t26-,27+,29-,30+/m0/s1. The van der Waals surface area contributed by atoms with E-state index in [1.165, 1.54) is 48.8 Å². The monoisotopic (exact) mass is 428 g/mol. The first-order chi connectivity index (χ1) is 14.4. The van der Waals surface area contributed by atoms with Crippen molar-refractivity contribution in [1.29, 1.82) is 0 Å². The molecule has 0 aliphatic heterocycles. The van der Waals surface area contributed by atoms with E-state index in [1.807, 2.05) is 0 Å². The molecule has 2 aliphatic carbocycles. The molecule has 2 fully saturated rings. The Balaban J connectivity index is 1.91. The van der Waals surface area contributed by atoms with Gasteiger partial charge in [0.25, 0.3) is 0 Å². The molecule has 0 unspecified atom stereocenters. The molecule has 178 valence electrons. The van der Waals surface area contributed by atoms with Crippen LogP contribution in [0.2, 0.25) is 0 Å². The van der Waals surface area contributed by atoms with Crippen molar-refractivity contribution < 1.29 is 5.11 Å². The Morgan fingerprint density at radius 1 is 0.806 bits per heavy atom. The predicted molar refractivity (Wildman–Crippen MR) is 137 cm³/mol. The van der Waals surface area contributed by atoms with Gasteiger partial charge in [0.15, 0.2) is 0 Å². The van der Waals surface area contributed by atoms with Crippen LogP contribution in [0.25, 0.3) is 0 Å². The predicted octanol–water partition coefficient (Wildman–Crippen LogP) is 9.18. The van der Waals surface area contributed by atoms with Crippen LogP contribution >= 0.6 is 0 Å². The molecule has 0 amide bonds. The Bertz CT molecular complexity index is 671. The third-order valence-electron chi connectivity index (χ3n) is 8.83. The van der Waals surface area contributed by atoms with Gasteiger partial charge in [0.1, 0.15) is 0 Å². The van der Waals surface area contributed by atoms with Crippen LogP contribution in [0.5, 0.6) is 0 Å². The lowest BCUT2D eigenvalue weighted by molar-refractivity contribution is -0.168. The molecule has 0 spiro atoms. The maximum absolute atomic E-state index is 11.4. The fourth-order valence-corrected chi connectivity index (χ4v) is 7.09. The summed E-state index contributed by atoms with van der Waals surface area (Å²) in [5.74, 6) is 1.17. The molecular formula is C30H52O. The molecule has 1 N–H and O–H groups in total. The van der Waals surface area contributed by atoms with Crippen LogP contribution in [-0.2, 0) is 0 Å². The zero-order valence-corrected chi connectivity index (χ0v) is 22.1. The molecule has 31 heavy (non-hydrogen) atoms. The molecule has 0 aromatic rings. The average Bonchev–Trinajstić information content (AvgIpc) is 2.63. The Hall–Kier alpha value is -0.820. The molecule has 2 saturated carbocycles. The summed E-state index contributed by atoms with van der Waals surface area (Å²) in [7, 11) is 0. The average molecular weight is 429 g/mol. The Labute approximate surface area is 194 Å². The van der Waals surface area contributed by atoms with Crippen LogP contribution in [0.1, 0.15) is 126 Å². The Morgan fingerprint density at radius 3 is 2.03 bits per heavy atom. The highest BCUT2D eigenvalue weighted by Gasteiger charge is 2.57. The lowest BCUT2D eigenvalue weighted by atomic mass is 9.45. The molecule has 0 radical (unpaired) electrons. The molecule has 0 saturated heterocycles. The summed E-state index contributed by atoms with van der Waals surface area (Å²) < 4.78 is 0. The SMILES string of the molecule is CC(C)=CCC/C(C)=C/CC/C=C(\C)CC[C@@H]1[C@@]2(C)CCCC(C)(C)[C@@H]2CC[C@@]1(C)O. The number of fused-ring (bicyclic) bond motifs is 1. The molecule has 2 rings (SSSR count). The summed E-state index contributed by atoms with van der Waals surface area (Å²) in [6, 6.07) is 0. The van der Waals surface area contributed by atoms with Gasteiger partial charge in [-0.2, -0.15) is 0 Å². The van der Waals surface area contributed by atoms with Gasteiger partial charge in [-0.1, -0.05) is 62.1 Å². The van der Waals surface area contributed by atoms with Crippen molar-refractivity contribution in [1.82, 2.24) is 0 Å². The zero-order valence-electron chi connectivity index (χ0n) is 22.1. The second-order valence-electron chi connectivity index (χ2n) is 12.4. The van der Waals surface area contributed by atoms with E-state index in [1.54, 1.807) is 0 Å². The first-order valence-corrected chi connectivity index (χ1v) is 13.1. The van der Waals surface area contributed by atoms with Crippen LogP contribution in [-0.4, -0.2) is 10.7 Å². The molecule has 0 heterocycles. The van der Waals surface area contributed by atoms with Gasteiger partial charge in [-0.3, -0.25) is 0 Å². The van der Waals surface area contributed by atoms with Crippen molar-refractivity contribution in [3.8, 4) is 0 Å². The number of allylic oxidation sites excluding steroid dienone is 6. The van der Waals surface area contributed by atoms with Crippen molar-refractivity contribution in [2.45, 2.75) is 132 Å². The summed E-state index contributed by atoms with van der Waals surface area (Å²) in [5, 5.41) is 11.4. The van der Waals surface area contributed by atoms with E-state index >= 15 is 0 Å². The van der Waals surface area contributed by atoms with Crippen LogP contribution in [0.15, 0.2) is 34.9 Å². The number of hydrogen-bond acceptors (Lipinski definition) is 1. The van der Waals surface area contributed by atoms with E-state index < -0.39 is 5.60 Å². The highest BCUT2D eigenvalue weighted by molar-refractivity contribution is 5.09. The fourth-order valence-electron chi connectivity index (χ4n) is 7.09. The van der Waals surface area contributed by atoms with Gasteiger partial charge in [0, 0.05) is 0 Å². The Morgan fingerprint density at radius 2 is 1.42 bits per heavy atom. The summed E-state index contributed by atoms with van der Waals surface area (Å²) in [5.41, 5.74) is 4.63. The van der Waals surface area contributed by atoms with Crippen LogP contribution in [0, 0.1) is 22.7 Å². The van der Waals surface area contributed by atoms with E-state index in [2.05, 4.69) is 73.6 Å². The van der Waals surface area contributed by atoms with Gasteiger partial charge in [-0.05, 0) is 121 Å². The molecule has 4 atom stereocenters. The van der Waals surface area contributed by atoms with Gasteiger partial charge in [-0.15, -0.1) is 0 Å². The van der Waals surface area contributed by atoms with Crippen molar-refractivity contribution >= 4 is 0 Å². The summed E-state index contributed by atoms with van der Waals surface area (Å²) in [4.78, 5) is 0. The van der Waals surface area contributed by atoms with Gasteiger partial charge in [0.2, 0.25) is 0 Å². The quantitative estimate of drug-likeness (QED) is 0.286. The second kappa shape index (κ2) is 10.9. The van der Waals surface area contributed by atoms with Gasteiger partial charge in [0.05, 0.1) is 5.60 Å². The highest BCUT2D eigenvalue weighted by Crippen LogP contribution is 2.63. The number of unbranched alkanes of at least 4 members (excludes halogenated alkanes) is 1. The maximum Gasteiger partial charge on any atom is 0.0653 e. The van der Waals surface area contributed by atoms with E-state index in [0.717, 1.165) is 44.4 Å². The lowest BCUT2D eigenvalue weighted by Gasteiger charge is -2.61. The highest BCUT2D eigenvalue weighted by atomic mass is 16.3. The minimum Gasteiger partial charge on any atom is -0.390 e. The maximum atomic E-state index is 11.4. The topological polar surface area (TPSA) is 20.2 Å². The summed E-state index contributed by atoms with van der Waals surface area (Å²) in [6.07, 6.45) is 20.2. The third kappa shape index (κ3) is 7.08. The second-order valence-corrected chi connectivity index (χ2v) is 12.4. The zero-order chi connectivity index (χ0) is 23.3. The summed E-state index contributed by atoms with van der Waals surface area (Å²) >= 11 is 0. The first kappa shape index (κ1) is 26.4. The van der Waals surface area contributed by atoms with E-state index in [0.29, 0.717) is 11.3 Å². The van der Waals surface area contributed by atoms with Crippen LogP contribution in [0.4, 0.5) is 0 Å². The van der Waals surface area contributed by atoms with E-state index in [4.69, 9.17) is 0 Å². The minimum atomic E-state index is -0.510. The van der Waals surface area contributed by atoms with E-state index in [9.17, 15) is 5.11 Å². The van der Waals surface area contributed by atoms with Crippen LogP contribution in [0.3, 0.4) is 0 Å². The normalized spacial score (nSPS) is 33.7. The van der Waals surface area contributed by atoms with Crippen molar-refractivity contribution in [3.63, 3.8) is 0 Å². The number of aliphatic hydroxyl groups is 1. The third-order valence-corrected chi connectivity index (χ3v) is 8.83. The Kier molecular flexibility index (Phi) is 9.26. The van der Waals surface area contributed by atoms with Gasteiger partial charge < -0.3 is 5.11 Å². The molecule has 0 aromatic heterocycles. The molecule has 1 nitrogen and oxygen atoms in total. The van der Waals surface area contributed by atoms with Crippen molar-refractivity contribution in [2.24, 2.45) is 22.7 Å². The number of rotatable bonds is 9. The summed E-state index contributed by atoms with van der Waals surface area (Å²) in [6.45, 7) is 18.5. The van der Waals surface area contributed by atoms with E-state index in [-0.39, 0.29) is 5.41 Å². The molecular weight excluding hydrogens is 376 g/mol. The smallest absolute Gasteiger partial charge is 0.0653 e. The van der Waals surface area contributed by atoms with Crippen LogP contribution < -0.4 is 0 Å². The number of hydrogen-bond donors (Lipinski definition) is 1. The van der Waals surface area contributed by atoms with Gasteiger partial charge in [-0.25, -0.2) is 0 Å².